The number of hydrogen-bond acceptors (Lipinski definition) is 4. The van der Waals surface area contributed by atoms with Gasteiger partial charge in [0.05, 0.1) is 10.6 Å². The Kier molecular flexibility index (Phi) is 4.10. The summed E-state index contributed by atoms with van der Waals surface area (Å²) in [4.78, 5) is 11.9. The van der Waals surface area contributed by atoms with Crippen molar-refractivity contribution in [3.63, 3.8) is 0 Å². The van der Waals surface area contributed by atoms with Crippen molar-refractivity contribution in [1.82, 2.24) is 4.31 Å². The first-order valence-corrected chi connectivity index (χ1v) is 9.04. The summed E-state index contributed by atoms with van der Waals surface area (Å²) < 4.78 is 32.5. The predicted octanol–water partition coefficient (Wildman–Crippen LogP) is 1.97. The van der Waals surface area contributed by atoms with Crippen molar-refractivity contribution in [3.8, 4) is 5.75 Å². The topological polar surface area (TPSA) is 75.7 Å². The number of nitrogens with zero attached hydrogens (tertiary/aromatic N) is 1. The van der Waals surface area contributed by atoms with Crippen molar-refractivity contribution in [3.05, 3.63) is 18.2 Å². The largest absolute Gasteiger partial charge is 0.479 e. The van der Waals surface area contributed by atoms with Crippen LogP contribution in [0.5, 0.6) is 5.75 Å². The molecular weight excluding hydrogens is 304 g/mol. The number of sulfonamides is 1. The molecule has 120 valence electrons. The van der Waals surface area contributed by atoms with Crippen LogP contribution in [0.2, 0.25) is 0 Å². The van der Waals surface area contributed by atoms with Crippen LogP contribution in [0.1, 0.15) is 32.6 Å². The average Bonchev–Trinajstić information content (AvgIpc) is 2.77. The van der Waals surface area contributed by atoms with Crippen molar-refractivity contribution in [1.29, 1.82) is 0 Å². The fourth-order valence-corrected chi connectivity index (χ4v) is 4.32. The van der Waals surface area contributed by atoms with Crippen LogP contribution in [0.4, 0.5) is 5.69 Å². The second-order valence-corrected chi connectivity index (χ2v) is 7.66. The third-order valence-corrected chi connectivity index (χ3v) is 5.98. The molecule has 1 saturated heterocycles. The highest BCUT2D eigenvalue weighted by Gasteiger charge is 2.29. The Hall–Kier alpha value is -1.60. The number of carbonyl (C=O) groups is 1. The zero-order chi connectivity index (χ0) is 15.7. The van der Waals surface area contributed by atoms with Crippen LogP contribution >= 0.6 is 0 Å². The zero-order valence-corrected chi connectivity index (χ0v) is 13.4. The molecule has 0 radical (unpaired) electrons. The number of fused-ring (bicyclic) bond motifs is 1. The summed E-state index contributed by atoms with van der Waals surface area (Å²) >= 11 is 0. The van der Waals surface area contributed by atoms with Gasteiger partial charge < -0.3 is 10.1 Å². The molecule has 0 bridgehead atoms. The predicted molar refractivity (Wildman–Crippen MR) is 82.4 cm³/mol. The maximum absolute atomic E-state index is 12.7. The molecule has 1 atom stereocenters. The van der Waals surface area contributed by atoms with Gasteiger partial charge in [-0.05, 0) is 38.0 Å². The number of amides is 1. The average molecular weight is 324 g/mol. The Labute approximate surface area is 130 Å². The molecule has 2 heterocycles. The third kappa shape index (κ3) is 2.83. The van der Waals surface area contributed by atoms with E-state index in [2.05, 4.69) is 5.32 Å². The van der Waals surface area contributed by atoms with E-state index < -0.39 is 16.1 Å². The van der Waals surface area contributed by atoms with Gasteiger partial charge in [-0.2, -0.15) is 4.31 Å². The van der Waals surface area contributed by atoms with Gasteiger partial charge in [0.25, 0.3) is 5.91 Å². The molecule has 6 nitrogen and oxygen atoms in total. The van der Waals surface area contributed by atoms with Crippen molar-refractivity contribution in [2.24, 2.45) is 0 Å². The fraction of sp³-hybridized carbons (Fsp3) is 0.533. The quantitative estimate of drug-likeness (QED) is 0.902. The first kappa shape index (κ1) is 15.3. The minimum absolute atomic E-state index is 0.201. The summed E-state index contributed by atoms with van der Waals surface area (Å²) in [6, 6.07) is 4.64. The lowest BCUT2D eigenvalue weighted by atomic mass is 10.2. The van der Waals surface area contributed by atoms with Gasteiger partial charge in [-0.3, -0.25) is 4.79 Å². The van der Waals surface area contributed by atoms with Gasteiger partial charge in [0.15, 0.2) is 6.10 Å². The highest BCUT2D eigenvalue weighted by Crippen LogP contribution is 2.33. The Morgan fingerprint density at radius 2 is 1.86 bits per heavy atom. The molecule has 1 unspecified atom stereocenters. The monoisotopic (exact) mass is 324 g/mol. The van der Waals surface area contributed by atoms with Gasteiger partial charge in [0, 0.05) is 13.1 Å². The van der Waals surface area contributed by atoms with E-state index in [4.69, 9.17) is 4.74 Å². The summed E-state index contributed by atoms with van der Waals surface area (Å²) in [6.45, 7) is 2.76. The summed E-state index contributed by atoms with van der Waals surface area (Å²) in [6.07, 6.45) is 3.35. The summed E-state index contributed by atoms with van der Waals surface area (Å²) in [7, 11) is -3.52. The molecule has 1 fully saturated rings. The molecule has 3 rings (SSSR count). The zero-order valence-electron chi connectivity index (χ0n) is 12.5. The number of carbonyl (C=O) groups excluding carboxylic acids is 1. The van der Waals surface area contributed by atoms with E-state index >= 15 is 0 Å². The molecule has 7 heteroatoms. The van der Waals surface area contributed by atoms with Crippen LogP contribution in [0, 0.1) is 0 Å². The third-order valence-electron chi connectivity index (χ3n) is 4.08. The molecule has 1 aromatic rings. The minimum Gasteiger partial charge on any atom is -0.479 e. The molecule has 1 N–H and O–H groups in total. The minimum atomic E-state index is -3.52. The van der Waals surface area contributed by atoms with Crippen LogP contribution in [0.15, 0.2) is 23.1 Å². The molecule has 0 aliphatic carbocycles. The van der Waals surface area contributed by atoms with Crippen molar-refractivity contribution in [2.75, 3.05) is 18.4 Å². The van der Waals surface area contributed by atoms with Crippen LogP contribution in [-0.4, -0.2) is 37.8 Å². The first-order chi connectivity index (χ1) is 10.5. The number of ether oxygens (including phenoxy) is 1. The SMILES string of the molecule is CC1Oc2ccc(S(=O)(=O)N3CCCCCC3)cc2NC1=O. The normalized spacial score (nSPS) is 23.1. The summed E-state index contributed by atoms with van der Waals surface area (Å²) in [5, 5.41) is 2.69. The van der Waals surface area contributed by atoms with E-state index in [-0.39, 0.29) is 10.8 Å². The highest BCUT2D eigenvalue weighted by molar-refractivity contribution is 7.89. The van der Waals surface area contributed by atoms with E-state index in [1.807, 2.05) is 0 Å². The van der Waals surface area contributed by atoms with Crippen LogP contribution in [-0.2, 0) is 14.8 Å². The van der Waals surface area contributed by atoms with Crippen LogP contribution in [0.3, 0.4) is 0 Å². The van der Waals surface area contributed by atoms with Crippen LogP contribution in [0.25, 0.3) is 0 Å². The lowest BCUT2D eigenvalue weighted by Crippen LogP contribution is -2.35. The summed E-state index contributed by atoms with van der Waals surface area (Å²) in [5.41, 5.74) is 0.416. The lowest BCUT2D eigenvalue weighted by Gasteiger charge is -2.25. The molecule has 2 aliphatic heterocycles. The smallest absolute Gasteiger partial charge is 0.265 e. The number of benzene rings is 1. The molecule has 22 heavy (non-hydrogen) atoms. The molecule has 0 saturated carbocycles. The number of rotatable bonds is 2. The summed E-state index contributed by atoms with van der Waals surface area (Å²) in [5.74, 6) is 0.235. The van der Waals surface area contributed by atoms with Gasteiger partial charge >= 0.3 is 0 Å². The molecular formula is C15H20N2O4S. The molecule has 0 spiro atoms. The van der Waals surface area contributed by atoms with Crippen molar-refractivity contribution in [2.45, 2.75) is 43.6 Å². The van der Waals surface area contributed by atoms with Crippen molar-refractivity contribution >= 4 is 21.6 Å². The van der Waals surface area contributed by atoms with E-state index in [0.717, 1.165) is 25.7 Å². The maximum Gasteiger partial charge on any atom is 0.265 e. The number of hydrogen-bond donors (Lipinski definition) is 1. The molecule has 1 aromatic carbocycles. The molecule has 0 aromatic heterocycles. The standard InChI is InChI=1S/C15H20N2O4S/c1-11-15(18)16-13-10-12(6-7-14(13)21-11)22(19,20)17-8-4-2-3-5-9-17/h6-7,10-11H,2-5,8-9H2,1H3,(H,16,18). The first-order valence-electron chi connectivity index (χ1n) is 7.60. The molecule has 1 amide bonds. The van der Waals surface area contributed by atoms with Gasteiger partial charge in [0.2, 0.25) is 10.0 Å². The van der Waals surface area contributed by atoms with Gasteiger partial charge in [-0.25, -0.2) is 8.42 Å². The van der Waals surface area contributed by atoms with E-state index in [1.54, 1.807) is 19.1 Å². The van der Waals surface area contributed by atoms with Crippen LogP contribution < -0.4 is 10.1 Å². The Morgan fingerprint density at radius 1 is 1.18 bits per heavy atom. The second-order valence-electron chi connectivity index (χ2n) is 5.73. The maximum atomic E-state index is 12.7. The van der Waals surface area contributed by atoms with E-state index in [1.165, 1.54) is 10.4 Å². The van der Waals surface area contributed by atoms with Gasteiger partial charge in [0.1, 0.15) is 5.75 Å². The number of nitrogens with one attached hydrogen (secondary N) is 1. The van der Waals surface area contributed by atoms with Gasteiger partial charge in [-0.15, -0.1) is 0 Å². The highest BCUT2D eigenvalue weighted by atomic mass is 32.2. The van der Waals surface area contributed by atoms with Gasteiger partial charge in [-0.1, -0.05) is 12.8 Å². The Balaban J connectivity index is 1.91. The Bertz CT molecular complexity index is 679. The second kappa shape index (κ2) is 5.89. The molecule has 2 aliphatic rings. The van der Waals surface area contributed by atoms with E-state index in [9.17, 15) is 13.2 Å². The lowest BCUT2D eigenvalue weighted by molar-refractivity contribution is -0.122. The number of anilines is 1. The fourth-order valence-electron chi connectivity index (χ4n) is 2.78. The van der Waals surface area contributed by atoms with E-state index in [0.29, 0.717) is 24.5 Å². The Morgan fingerprint density at radius 3 is 2.55 bits per heavy atom. The van der Waals surface area contributed by atoms with Crippen molar-refractivity contribution < 1.29 is 17.9 Å².